The largest absolute Gasteiger partial charge is 0.368 e. The topological polar surface area (TPSA) is 36.7 Å². The number of fused-ring (bicyclic) bond motifs is 2. The number of piperazine rings is 1. The maximum atomic E-state index is 13.5. The van der Waals surface area contributed by atoms with E-state index in [1.54, 1.807) is 12.1 Å². The van der Waals surface area contributed by atoms with Crippen LogP contribution in [0, 0.1) is 19.7 Å². The van der Waals surface area contributed by atoms with Crippen molar-refractivity contribution < 1.29 is 4.39 Å². The summed E-state index contributed by atoms with van der Waals surface area (Å²) < 4.78 is 15.5. The molecule has 4 aromatic rings. The molecule has 0 bridgehead atoms. The summed E-state index contributed by atoms with van der Waals surface area (Å²) in [6.45, 7) is 8.22. The van der Waals surface area contributed by atoms with Gasteiger partial charge in [-0.25, -0.2) is 9.37 Å². The standard InChI is InChI=1S/C28H30FN5/c1-19-7-8-20(2)26(17-19)32-13-15-33(16-14-32)28-23-5-3-4-6-24(23)30-27-18-25(31-34(27)28)21-9-11-22(29)12-10-21/h7-12,17-18H,3-6,13-16H2,1-2H3. The number of nitrogens with zero attached hydrogens (tertiary/aromatic N) is 5. The van der Waals surface area contributed by atoms with Crippen molar-refractivity contribution in [3.8, 4) is 11.3 Å². The first-order chi connectivity index (χ1) is 16.6. The van der Waals surface area contributed by atoms with Crippen LogP contribution >= 0.6 is 0 Å². The van der Waals surface area contributed by atoms with Crippen molar-refractivity contribution >= 4 is 17.2 Å². The van der Waals surface area contributed by atoms with E-state index in [4.69, 9.17) is 10.1 Å². The summed E-state index contributed by atoms with van der Waals surface area (Å²) in [5.41, 5.74) is 9.19. The zero-order valence-corrected chi connectivity index (χ0v) is 19.9. The molecule has 3 heterocycles. The van der Waals surface area contributed by atoms with Crippen molar-refractivity contribution in [2.24, 2.45) is 0 Å². The van der Waals surface area contributed by atoms with E-state index in [1.807, 2.05) is 10.6 Å². The van der Waals surface area contributed by atoms with Gasteiger partial charge in [0.05, 0.1) is 5.69 Å². The van der Waals surface area contributed by atoms with E-state index in [0.29, 0.717) is 0 Å². The monoisotopic (exact) mass is 455 g/mol. The number of hydrogen-bond donors (Lipinski definition) is 0. The number of rotatable bonds is 3. The minimum atomic E-state index is -0.233. The van der Waals surface area contributed by atoms with E-state index in [0.717, 1.165) is 55.9 Å². The van der Waals surface area contributed by atoms with E-state index in [-0.39, 0.29) is 5.82 Å². The zero-order chi connectivity index (χ0) is 23.2. The van der Waals surface area contributed by atoms with Crippen molar-refractivity contribution in [2.45, 2.75) is 39.5 Å². The van der Waals surface area contributed by atoms with Gasteiger partial charge in [-0.2, -0.15) is 9.61 Å². The Morgan fingerprint density at radius 3 is 2.35 bits per heavy atom. The van der Waals surface area contributed by atoms with Gasteiger partial charge in [0.2, 0.25) is 0 Å². The number of hydrogen-bond acceptors (Lipinski definition) is 4. The number of aryl methyl sites for hydroxylation is 3. The van der Waals surface area contributed by atoms with Crippen LogP contribution in [0.3, 0.4) is 0 Å². The predicted octanol–water partition coefficient (Wildman–Crippen LogP) is 5.36. The lowest BCUT2D eigenvalue weighted by Crippen LogP contribution is -2.48. The molecule has 2 aromatic heterocycles. The second-order valence-electron chi connectivity index (χ2n) is 9.64. The first-order valence-corrected chi connectivity index (χ1v) is 12.3. The summed E-state index contributed by atoms with van der Waals surface area (Å²) in [4.78, 5) is 10.0. The SMILES string of the molecule is Cc1ccc(C)c(N2CCN(c3c4c(nc5cc(-c6ccc(F)cc6)nn35)CCCC4)CC2)c1. The van der Waals surface area contributed by atoms with Gasteiger partial charge in [-0.05, 0) is 81.0 Å². The van der Waals surface area contributed by atoms with Crippen molar-refractivity contribution in [3.05, 3.63) is 76.7 Å². The van der Waals surface area contributed by atoms with E-state index < -0.39 is 0 Å². The molecule has 1 fully saturated rings. The molecule has 34 heavy (non-hydrogen) atoms. The van der Waals surface area contributed by atoms with Gasteiger partial charge in [-0.15, -0.1) is 0 Å². The zero-order valence-electron chi connectivity index (χ0n) is 19.9. The fourth-order valence-corrected chi connectivity index (χ4v) is 5.43. The Balaban J connectivity index is 1.37. The molecule has 0 spiro atoms. The van der Waals surface area contributed by atoms with Crippen LogP contribution in [-0.4, -0.2) is 40.8 Å². The maximum Gasteiger partial charge on any atom is 0.158 e. The summed E-state index contributed by atoms with van der Waals surface area (Å²) in [6.07, 6.45) is 4.46. The van der Waals surface area contributed by atoms with Crippen molar-refractivity contribution in [1.29, 1.82) is 0 Å². The Morgan fingerprint density at radius 2 is 1.56 bits per heavy atom. The van der Waals surface area contributed by atoms with Crippen LogP contribution in [0.25, 0.3) is 16.9 Å². The molecule has 1 aliphatic carbocycles. The number of benzene rings is 2. The molecule has 5 nitrogen and oxygen atoms in total. The third-order valence-corrected chi connectivity index (χ3v) is 7.27. The molecule has 174 valence electrons. The average Bonchev–Trinajstić information content (AvgIpc) is 3.28. The fraction of sp³-hybridized carbons (Fsp3) is 0.357. The smallest absolute Gasteiger partial charge is 0.158 e. The highest BCUT2D eigenvalue weighted by Gasteiger charge is 2.27. The number of halogens is 1. The minimum absolute atomic E-state index is 0.233. The third-order valence-electron chi connectivity index (χ3n) is 7.27. The van der Waals surface area contributed by atoms with Gasteiger partial charge in [0.25, 0.3) is 0 Å². The first-order valence-electron chi connectivity index (χ1n) is 12.3. The van der Waals surface area contributed by atoms with E-state index in [1.165, 1.54) is 58.9 Å². The van der Waals surface area contributed by atoms with Crippen LogP contribution in [0.15, 0.2) is 48.5 Å². The lowest BCUT2D eigenvalue weighted by Gasteiger charge is -2.39. The number of anilines is 2. The van der Waals surface area contributed by atoms with Crippen LogP contribution < -0.4 is 9.80 Å². The van der Waals surface area contributed by atoms with E-state index in [2.05, 4.69) is 41.8 Å². The van der Waals surface area contributed by atoms with Gasteiger partial charge in [0.1, 0.15) is 11.6 Å². The summed E-state index contributed by atoms with van der Waals surface area (Å²) in [6, 6.07) is 15.3. The summed E-state index contributed by atoms with van der Waals surface area (Å²) in [7, 11) is 0. The molecule has 1 aliphatic heterocycles. The van der Waals surface area contributed by atoms with E-state index >= 15 is 0 Å². The van der Waals surface area contributed by atoms with Crippen LogP contribution in [0.2, 0.25) is 0 Å². The third kappa shape index (κ3) is 3.71. The Bertz CT molecular complexity index is 1350. The molecule has 1 saturated heterocycles. The summed E-state index contributed by atoms with van der Waals surface area (Å²) in [5.74, 6) is 0.970. The average molecular weight is 456 g/mol. The molecule has 0 atom stereocenters. The van der Waals surface area contributed by atoms with Gasteiger partial charge in [0, 0.05) is 54.8 Å². The van der Waals surface area contributed by atoms with Gasteiger partial charge < -0.3 is 9.80 Å². The lowest BCUT2D eigenvalue weighted by atomic mass is 9.96. The summed E-state index contributed by atoms with van der Waals surface area (Å²) >= 11 is 0. The Morgan fingerprint density at radius 1 is 0.824 bits per heavy atom. The second-order valence-corrected chi connectivity index (χ2v) is 9.64. The normalized spacial score (nSPS) is 16.2. The lowest BCUT2D eigenvalue weighted by molar-refractivity contribution is 0.614. The molecule has 2 aliphatic rings. The van der Waals surface area contributed by atoms with Crippen molar-refractivity contribution in [2.75, 3.05) is 36.0 Å². The Labute approximate surface area is 199 Å². The Kier molecular flexibility index (Phi) is 5.24. The summed E-state index contributed by atoms with van der Waals surface area (Å²) in [5, 5.41) is 4.98. The Hall–Kier alpha value is -3.41. The highest BCUT2D eigenvalue weighted by molar-refractivity contribution is 5.68. The van der Waals surface area contributed by atoms with Crippen molar-refractivity contribution in [1.82, 2.24) is 14.6 Å². The van der Waals surface area contributed by atoms with Crippen LogP contribution in [0.1, 0.15) is 35.2 Å². The molecular weight excluding hydrogens is 425 g/mol. The second kappa shape index (κ2) is 8.42. The van der Waals surface area contributed by atoms with E-state index in [9.17, 15) is 4.39 Å². The van der Waals surface area contributed by atoms with Gasteiger partial charge in [-0.1, -0.05) is 12.1 Å². The fourth-order valence-electron chi connectivity index (χ4n) is 5.43. The molecule has 0 radical (unpaired) electrons. The molecule has 0 unspecified atom stereocenters. The minimum Gasteiger partial charge on any atom is -0.368 e. The van der Waals surface area contributed by atoms with Crippen LogP contribution in [0.5, 0.6) is 0 Å². The molecule has 2 aromatic carbocycles. The first kappa shape index (κ1) is 21.1. The molecule has 0 amide bonds. The van der Waals surface area contributed by atoms with Crippen LogP contribution in [-0.2, 0) is 12.8 Å². The molecular formula is C28H30FN5. The quantitative estimate of drug-likeness (QED) is 0.417. The molecule has 0 saturated carbocycles. The van der Waals surface area contributed by atoms with Gasteiger partial charge >= 0.3 is 0 Å². The molecule has 6 rings (SSSR count). The molecule has 0 N–H and O–H groups in total. The van der Waals surface area contributed by atoms with Gasteiger partial charge in [0.15, 0.2) is 5.65 Å². The number of aromatic nitrogens is 3. The maximum absolute atomic E-state index is 13.5. The highest BCUT2D eigenvalue weighted by atomic mass is 19.1. The van der Waals surface area contributed by atoms with Gasteiger partial charge in [-0.3, -0.25) is 0 Å². The predicted molar refractivity (Wildman–Crippen MR) is 135 cm³/mol. The van der Waals surface area contributed by atoms with Crippen molar-refractivity contribution in [3.63, 3.8) is 0 Å². The molecule has 6 heteroatoms. The highest BCUT2D eigenvalue weighted by Crippen LogP contribution is 2.33. The van der Waals surface area contributed by atoms with Crippen LogP contribution in [0.4, 0.5) is 15.9 Å².